The molecule has 0 N–H and O–H groups in total. The van der Waals surface area contributed by atoms with Gasteiger partial charge in [-0.1, -0.05) is 0 Å². The second kappa shape index (κ2) is 4.69. The quantitative estimate of drug-likeness (QED) is 0.507. The zero-order valence-electron chi connectivity index (χ0n) is 5.72. The van der Waals surface area contributed by atoms with E-state index in [0.29, 0.717) is 0 Å². The number of nitrogens with zero attached hydrogens (tertiary/aromatic N) is 1. The van der Waals surface area contributed by atoms with Gasteiger partial charge in [-0.05, 0) is 19.3 Å². The molecule has 1 aromatic heterocycles. The van der Waals surface area contributed by atoms with Crippen molar-refractivity contribution in [2.45, 2.75) is 19.3 Å². The topological polar surface area (TPSA) is 12.9 Å². The lowest BCUT2D eigenvalue weighted by atomic mass is 10.2. The second-order valence-corrected chi connectivity index (χ2v) is 3.46. The Balaban J connectivity index is 2.15. The highest BCUT2D eigenvalue weighted by Crippen LogP contribution is 2.09. The van der Waals surface area contributed by atoms with Crippen molar-refractivity contribution in [1.82, 2.24) is 4.98 Å². The van der Waals surface area contributed by atoms with Crippen molar-refractivity contribution in [2.75, 3.05) is 5.88 Å². The Morgan fingerprint density at radius 2 is 2.40 bits per heavy atom. The van der Waals surface area contributed by atoms with Crippen LogP contribution in [-0.4, -0.2) is 10.9 Å². The van der Waals surface area contributed by atoms with E-state index >= 15 is 0 Å². The largest absolute Gasteiger partial charge is 0.253 e. The van der Waals surface area contributed by atoms with Gasteiger partial charge in [0.15, 0.2) is 0 Å². The molecule has 0 fully saturated rings. The molecule has 0 aliphatic rings. The van der Waals surface area contributed by atoms with Gasteiger partial charge in [0.25, 0.3) is 0 Å². The van der Waals surface area contributed by atoms with Crippen LogP contribution in [0.3, 0.4) is 0 Å². The molecule has 0 radical (unpaired) electrons. The van der Waals surface area contributed by atoms with Gasteiger partial charge in [0.05, 0.1) is 5.51 Å². The molecule has 1 nitrogen and oxygen atoms in total. The van der Waals surface area contributed by atoms with Crippen LogP contribution in [0.5, 0.6) is 0 Å². The summed E-state index contributed by atoms with van der Waals surface area (Å²) in [6.45, 7) is 0. The summed E-state index contributed by atoms with van der Waals surface area (Å²) >= 11 is 7.25. The summed E-state index contributed by atoms with van der Waals surface area (Å²) in [5.41, 5.74) is 1.87. The first-order valence-corrected chi connectivity index (χ1v) is 4.78. The van der Waals surface area contributed by atoms with Gasteiger partial charge in [0.1, 0.15) is 0 Å². The minimum absolute atomic E-state index is 0.777. The van der Waals surface area contributed by atoms with E-state index in [1.165, 1.54) is 11.3 Å². The molecule has 10 heavy (non-hydrogen) atoms. The summed E-state index contributed by atoms with van der Waals surface area (Å²) < 4.78 is 0. The minimum atomic E-state index is 0.777. The third kappa shape index (κ3) is 2.67. The molecule has 0 saturated heterocycles. The predicted octanol–water partition coefficient (Wildman–Crippen LogP) is 2.70. The van der Waals surface area contributed by atoms with Crippen LogP contribution >= 0.6 is 22.9 Å². The van der Waals surface area contributed by atoms with E-state index in [1.54, 1.807) is 11.3 Å². The normalized spacial score (nSPS) is 10.1. The maximum absolute atomic E-state index is 5.53. The van der Waals surface area contributed by atoms with E-state index in [2.05, 4.69) is 4.98 Å². The lowest BCUT2D eigenvalue weighted by Gasteiger charge is -1.91. The maximum Gasteiger partial charge on any atom is 0.0794 e. The van der Waals surface area contributed by atoms with Gasteiger partial charge in [0, 0.05) is 17.0 Å². The van der Waals surface area contributed by atoms with Gasteiger partial charge < -0.3 is 0 Å². The Labute approximate surface area is 70.1 Å². The number of rotatable bonds is 4. The molecule has 1 heterocycles. The first-order chi connectivity index (χ1) is 4.93. The third-order valence-electron chi connectivity index (χ3n) is 1.29. The zero-order valence-corrected chi connectivity index (χ0v) is 7.29. The molecule has 56 valence electrons. The average molecular weight is 176 g/mol. The van der Waals surface area contributed by atoms with Crippen molar-refractivity contribution >= 4 is 22.9 Å². The van der Waals surface area contributed by atoms with E-state index in [0.717, 1.165) is 18.7 Å². The minimum Gasteiger partial charge on any atom is -0.253 e. The summed E-state index contributed by atoms with van der Waals surface area (Å²) in [5.74, 6) is 0.777. The monoisotopic (exact) mass is 175 g/mol. The number of thiazole rings is 1. The van der Waals surface area contributed by atoms with Crippen molar-refractivity contribution in [1.29, 1.82) is 0 Å². The molecule has 0 bridgehead atoms. The molecule has 0 aromatic carbocycles. The molecule has 0 aliphatic carbocycles. The van der Waals surface area contributed by atoms with Gasteiger partial charge in [-0.2, -0.15) is 0 Å². The van der Waals surface area contributed by atoms with Gasteiger partial charge in [-0.25, -0.2) is 0 Å². The number of alkyl halides is 1. The van der Waals surface area contributed by atoms with Crippen LogP contribution in [-0.2, 0) is 6.42 Å². The van der Waals surface area contributed by atoms with Crippen molar-refractivity contribution in [3.05, 3.63) is 16.6 Å². The molecule has 0 atom stereocenters. The summed E-state index contributed by atoms with van der Waals surface area (Å²) in [4.78, 5) is 5.35. The summed E-state index contributed by atoms with van der Waals surface area (Å²) in [5, 5.41) is 0. The van der Waals surface area contributed by atoms with Crippen LogP contribution in [0.15, 0.2) is 11.7 Å². The van der Waals surface area contributed by atoms with E-state index in [4.69, 9.17) is 11.6 Å². The van der Waals surface area contributed by atoms with Crippen LogP contribution in [0.1, 0.15) is 17.7 Å². The smallest absolute Gasteiger partial charge is 0.0794 e. The van der Waals surface area contributed by atoms with E-state index in [-0.39, 0.29) is 0 Å². The van der Waals surface area contributed by atoms with Gasteiger partial charge in [-0.3, -0.25) is 4.98 Å². The van der Waals surface area contributed by atoms with Gasteiger partial charge >= 0.3 is 0 Å². The fourth-order valence-corrected chi connectivity index (χ4v) is 1.59. The van der Waals surface area contributed by atoms with E-state index < -0.39 is 0 Å². The Bertz CT molecular complexity index is 162. The molecule has 3 heteroatoms. The van der Waals surface area contributed by atoms with Crippen LogP contribution in [0.4, 0.5) is 0 Å². The van der Waals surface area contributed by atoms with Crippen LogP contribution in [0, 0.1) is 0 Å². The van der Waals surface area contributed by atoms with E-state index in [9.17, 15) is 0 Å². The highest BCUT2D eigenvalue weighted by molar-refractivity contribution is 7.09. The number of unbranched alkanes of at least 4 members (excludes halogenated alkanes) is 1. The summed E-state index contributed by atoms with van der Waals surface area (Å²) in [6, 6.07) is 0. The average Bonchev–Trinajstić information content (AvgIpc) is 2.41. The maximum atomic E-state index is 5.53. The SMILES string of the molecule is ClCCCCc1cncs1. The standard InChI is InChI=1S/C7H10ClNS/c8-4-2-1-3-7-5-9-6-10-7/h5-6H,1-4H2. The van der Waals surface area contributed by atoms with Crippen molar-refractivity contribution in [3.63, 3.8) is 0 Å². The molecule has 0 aliphatic heterocycles. The number of halogens is 1. The molecular weight excluding hydrogens is 166 g/mol. The van der Waals surface area contributed by atoms with Crippen molar-refractivity contribution in [3.8, 4) is 0 Å². The Kier molecular flexibility index (Phi) is 3.76. The summed E-state index contributed by atoms with van der Waals surface area (Å²) in [6.07, 6.45) is 5.36. The predicted molar refractivity (Wildman–Crippen MR) is 45.8 cm³/mol. The van der Waals surface area contributed by atoms with E-state index in [1.807, 2.05) is 11.7 Å². The number of aromatic nitrogens is 1. The first-order valence-electron chi connectivity index (χ1n) is 3.37. The fourth-order valence-electron chi connectivity index (χ4n) is 0.759. The lowest BCUT2D eigenvalue weighted by Crippen LogP contribution is -1.81. The molecule has 1 aromatic rings. The summed E-state index contributed by atoms with van der Waals surface area (Å²) in [7, 11) is 0. The molecule has 0 amide bonds. The fraction of sp³-hybridized carbons (Fsp3) is 0.571. The lowest BCUT2D eigenvalue weighted by molar-refractivity contribution is 0.807. The Hall–Kier alpha value is -0.0800. The van der Waals surface area contributed by atoms with Crippen LogP contribution in [0.25, 0.3) is 0 Å². The van der Waals surface area contributed by atoms with Crippen molar-refractivity contribution in [2.24, 2.45) is 0 Å². The van der Waals surface area contributed by atoms with Gasteiger partial charge in [0.2, 0.25) is 0 Å². The highest BCUT2D eigenvalue weighted by Gasteiger charge is 1.92. The molecule has 0 unspecified atom stereocenters. The number of hydrogen-bond donors (Lipinski definition) is 0. The Morgan fingerprint density at radius 1 is 1.50 bits per heavy atom. The molecule has 0 saturated carbocycles. The highest BCUT2D eigenvalue weighted by atomic mass is 35.5. The number of aryl methyl sites for hydroxylation is 1. The molecular formula is C7H10ClNS. The van der Waals surface area contributed by atoms with Crippen LogP contribution < -0.4 is 0 Å². The Morgan fingerprint density at radius 3 is 3.00 bits per heavy atom. The van der Waals surface area contributed by atoms with Gasteiger partial charge in [-0.15, -0.1) is 22.9 Å². The first kappa shape index (κ1) is 8.02. The molecule has 0 spiro atoms. The zero-order chi connectivity index (χ0) is 7.23. The van der Waals surface area contributed by atoms with Crippen molar-refractivity contribution < 1.29 is 0 Å². The third-order valence-corrected chi connectivity index (χ3v) is 2.40. The molecule has 1 rings (SSSR count). The second-order valence-electron chi connectivity index (χ2n) is 2.11. The number of hydrogen-bond acceptors (Lipinski definition) is 2. The van der Waals surface area contributed by atoms with Crippen LogP contribution in [0.2, 0.25) is 0 Å².